The third-order valence-corrected chi connectivity index (χ3v) is 13.1. The quantitative estimate of drug-likeness (QED) is 0.245. The van der Waals surface area contributed by atoms with Crippen molar-refractivity contribution in [3.63, 3.8) is 0 Å². The fourth-order valence-electron chi connectivity index (χ4n) is 9.85. The van der Waals surface area contributed by atoms with E-state index in [4.69, 9.17) is 0 Å². The number of Topliss-reactive ketones (excluding diaryl/α,β-unsaturated/α-hetero) is 1. The molecule has 0 amide bonds. The number of ketones is 1. The number of allylic oxidation sites excluding steroid dienone is 3. The molecule has 0 spiro atoms. The standard InChI is InChI=1S/C36H52OS/c1-7-26(24(2)3)14-13-25(4)30-17-18-31-28-15-16-32-29(23-38-27-11-9-8-10-12-27)34(37)20-22-36(32,6)33(28)19-21-35(30,31)5/h8-14,24-26,28,30-31,33H,7,15-23H2,1-6H3/b14-13+/t25-,26-,28+,30-,31+,33+,35-,36+/m1/s1. The first kappa shape index (κ1) is 28.3. The van der Waals surface area contributed by atoms with E-state index < -0.39 is 0 Å². The van der Waals surface area contributed by atoms with Crippen LogP contribution in [0, 0.1) is 52.3 Å². The van der Waals surface area contributed by atoms with E-state index in [1.54, 1.807) is 5.57 Å². The highest BCUT2D eigenvalue weighted by atomic mass is 32.2. The molecule has 2 heteroatoms. The van der Waals surface area contributed by atoms with Gasteiger partial charge in [0.15, 0.2) is 5.78 Å². The monoisotopic (exact) mass is 532 g/mol. The van der Waals surface area contributed by atoms with Crippen LogP contribution < -0.4 is 0 Å². The lowest BCUT2D eigenvalue weighted by Crippen LogP contribution is -2.51. The fourth-order valence-corrected chi connectivity index (χ4v) is 10.8. The van der Waals surface area contributed by atoms with Gasteiger partial charge < -0.3 is 0 Å². The summed E-state index contributed by atoms with van der Waals surface area (Å²) in [6.45, 7) is 14.8. The molecule has 0 heterocycles. The van der Waals surface area contributed by atoms with Gasteiger partial charge in [-0.2, -0.15) is 0 Å². The number of thioether (sulfide) groups is 1. The zero-order valence-electron chi connectivity index (χ0n) is 25.0. The maximum atomic E-state index is 13.2. The Kier molecular flexibility index (Phi) is 8.41. The summed E-state index contributed by atoms with van der Waals surface area (Å²) in [5, 5.41) is 0. The molecule has 0 bridgehead atoms. The Hall–Kier alpha value is -1.28. The van der Waals surface area contributed by atoms with Gasteiger partial charge in [-0.1, -0.05) is 77.5 Å². The van der Waals surface area contributed by atoms with Crippen molar-refractivity contribution < 1.29 is 4.79 Å². The zero-order valence-corrected chi connectivity index (χ0v) is 25.8. The van der Waals surface area contributed by atoms with Crippen molar-refractivity contribution in [1.82, 2.24) is 0 Å². The van der Waals surface area contributed by atoms with Crippen molar-refractivity contribution in [1.29, 1.82) is 0 Å². The van der Waals surface area contributed by atoms with E-state index in [2.05, 4.69) is 84.0 Å². The molecule has 0 radical (unpaired) electrons. The van der Waals surface area contributed by atoms with Crippen LogP contribution in [0.1, 0.15) is 99.3 Å². The number of carbonyl (C=O) groups is 1. The van der Waals surface area contributed by atoms with Gasteiger partial charge in [0.1, 0.15) is 0 Å². The van der Waals surface area contributed by atoms with Crippen molar-refractivity contribution in [2.24, 2.45) is 52.3 Å². The molecule has 1 nitrogen and oxygen atoms in total. The Morgan fingerprint density at radius 2 is 1.71 bits per heavy atom. The summed E-state index contributed by atoms with van der Waals surface area (Å²) in [4.78, 5) is 14.5. The second kappa shape index (κ2) is 11.3. The van der Waals surface area contributed by atoms with Gasteiger partial charge in [-0.3, -0.25) is 4.79 Å². The van der Waals surface area contributed by atoms with Gasteiger partial charge in [0.25, 0.3) is 0 Å². The first-order valence-electron chi connectivity index (χ1n) is 15.8. The Morgan fingerprint density at radius 3 is 2.42 bits per heavy atom. The Bertz CT molecular complexity index is 1050. The van der Waals surface area contributed by atoms with Crippen LogP contribution in [-0.2, 0) is 4.79 Å². The smallest absolute Gasteiger partial charge is 0.159 e. The number of hydrogen-bond donors (Lipinski definition) is 0. The minimum absolute atomic E-state index is 0.236. The summed E-state index contributed by atoms with van der Waals surface area (Å²) in [5.74, 6) is 6.72. The normalized spacial score (nSPS) is 36.8. The molecule has 1 aromatic carbocycles. The number of carbonyl (C=O) groups excluding carboxylic acids is 1. The van der Waals surface area contributed by atoms with Crippen molar-refractivity contribution >= 4 is 17.5 Å². The second-order valence-corrected chi connectivity index (χ2v) is 15.2. The maximum Gasteiger partial charge on any atom is 0.159 e. The van der Waals surface area contributed by atoms with Gasteiger partial charge in [-0.05, 0) is 116 Å². The van der Waals surface area contributed by atoms with Crippen molar-refractivity contribution in [2.75, 3.05) is 5.75 Å². The zero-order chi connectivity index (χ0) is 27.1. The molecule has 0 N–H and O–H groups in total. The van der Waals surface area contributed by atoms with Gasteiger partial charge in [-0.25, -0.2) is 0 Å². The van der Waals surface area contributed by atoms with Crippen LogP contribution in [-0.4, -0.2) is 11.5 Å². The summed E-state index contributed by atoms with van der Waals surface area (Å²) in [6, 6.07) is 10.6. The molecule has 0 saturated heterocycles. The molecule has 0 aromatic heterocycles. The summed E-state index contributed by atoms with van der Waals surface area (Å²) in [6.07, 6.45) is 16.3. The summed E-state index contributed by atoms with van der Waals surface area (Å²) in [5.41, 5.74) is 3.48. The van der Waals surface area contributed by atoms with E-state index in [-0.39, 0.29) is 5.41 Å². The van der Waals surface area contributed by atoms with Gasteiger partial charge in [-0.15, -0.1) is 11.8 Å². The first-order chi connectivity index (χ1) is 18.2. The minimum atomic E-state index is 0.236. The Morgan fingerprint density at radius 1 is 0.947 bits per heavy atom. The van der Waals surface area contributed by atoms with E-state index in [0.717, 1.165) is 54.6 Å². The maximum absolute atomic E-state index is 13.2. The lowest BCUT2D eigenvalue weighted by molar-refractivity contribution is -0.118. The van der Waals surface area contributed by atoms with Crippen molar-refractivity contribution in [3.05, 3.63) is 53.6 Å². The fraction of sp³-hybridized carbons (Fsp3) is 0.694. The first-order valence-corrected chi connectivity index (χ1v) is 16.8. The highest BCUT2D eigenvalue weighted by molar-refractivity contribution is 7.99. The molecule has 208 valence electrons. The molecule has 3 fully saturated rings. The molecule has 4 aliphatic carbocycles. The number of rotatable bonds is 8. The molecular weight excluding hydrogens is 480 g/mol. The molecule has 8 atom stereocenters. The van der Waals surface area contributed by atoms with Crippen LogP contribution in [0.15, 0.2) is 58.5 Å². The van der Waals surface area contributed by atoms with Crippen LogP contribution >= 0.6 is 11.8 Å². The largest absolute Gasteiger partial charge is 0.295 e. The van der Waals surface area contributed by atoms with Crippen molar-refractivity contribution in [2.45, 2.75) is 104 Å². The number of fused-ring (bicyclic) bond motifs is 5. The third kappa shape index (κ3) is 5.02. The summed E-state index contributed by atoms with van der Waals surface area (Å²) in [7, 11) is 0. The van der Waals surface area contributed by atoms with Crippen LogP contribution in [0.4, 0.5) is 0 Å². The van der Waals surface area contributed by atoms with Gasteiger partial charge in [0.05, 0.1) is 0 Å². The number of benzene rings is 1. The minimum Gasteiger partial charge on any atom is -0.295 e. The molecule has 3 saturated carbocycles. The number of hydrogen-bond acceptors (Lipinski definition) is 2. The lowest BCUT2D eigenvalue weighted by atomic mass is 9.46. The van der Waals surface area contributed by atoms with Crippen LogP contribution in [0.25, 0.3) is 0 Å². The van der Waals surface area contributed by atoms with Crippen LogP contribution in [0.2, 0.25) is 0 Å². The van der Waals surface area contributed by atoms with Gasteiger partial charge >= 0.3 is 0 Å². The van der Waals surface area contributed by atoms with E-state index >= 15 is 0 Å². The lowest BCUT2D eigenvalue weighted by Gasteiger charge is -2.59. The average molecular weight is 533 g/mol. The predicted molar refractivity (Wildman–Crippen MR) is 163 cm³/mol. The molecule has 0 aliphatic heterocycles. The molecule has 5 rings (SSSR count). The van der Waals surface area contributed by atoms with E-state index in [1.165, 1.54) is 49.0 Å². The molecular formula is C36H52OS. The molecule has 0 unspecified atom stereocenters. The molecule has 38 heavy (non-hydrogen) atoms. The average Bonchev–Trinajstić information content (AvgIpc) is 3.26. The molecule has 4 aliphatic rings. The summed E-state index contributed by atoms with van der Waals surface area (Å²) < 4.78 is 0. The van der Waals surface area contributed by atoms with E-state index in [0.29, 0.717) is 23.0 Å². The third-order valence-electron chi connectivity index (χ3n) is 12.1. The van der Waals surface area contributed by atoms with Crippen LogP contribution in [0.3, 0.4) is 0 Å². The predicted octanol–water partition coefficient (Wildman–Crippen LogP) is 10.2. The Labute approximate surface area is 237 Å². The highest BCUT2D eigenvalue weighted by Gasteiger charge is 2.59. The Balaban J connectivity index is 1.34. The molecule has 1 aromatic rings. The van der Waals surface area contributed by atoms with Gasteiger partial charge in [0, 0.05) is 22.6 Å². The van der Waals surface area contributed by atoms with E-state index in [1.807, 2.05) is 11.8 Å². The van der Waals surface area contributed by atoms with Crippen LogP contribution in [0.5, 0.6) is 0 Å². The van der Waals surface area contributed by atoms with Crippen molar-refractivity contribution in [3.8, 4) is 0 Å². The summed E-state index contributed by atoms with van der Waals surface area (Å²) >= 11 is 1.86. The second-order valence-electron chi connectivity index (χ2n) is 14.1. The van der Waals surface area contributed by atoms with E-state index in [9.17, 15) is 4.79 Å². The SMILES string of the molecule is CC[C@H](/C=C/[C@@H](C)[C@H]1CC[C@H]2[C@@H]3CCC4=C(CSc5ccccc5)C(=O)CC[C@]4(C)[C@H]3CC[C@]12C)C(C)C. The topological polar surface area (TPSA) is 17.1 Å². The van der Waals surface area contributed by atoms with Gasteiger partial charge in [0.2, 0.25) is 0 Å². The highest BCUT2D eigenvalue weighted by Crippen LogP contribution is 2.68.